The standard InChI is InChI=1S/C23H23F3N4O4/c1-3-11-29(12-17(31)27-16-10-9-15(24)19(25)20(16)26)18(32)13-30-21(33)23(2,28-22(30)34)14-7-5-4-6-8-14/h4-10H,3,11-13H2,1-2H3,(H,27,31)(H,28,34). The van der Waals surface area contributed by atoms with Gasteiger partial charge in [-0.15, -0.1) is 0 Å². The van der Waals surface area contributed by atoms with E-state index in [0.717, 1.165) is 15.9 Å². The normalized spacial score (nSPS) is 17.5. The van der Waals surface area contributed by atoms with Crippen molar-refractivity contribution in [1.29, 1.82) is 0 Å². The van der Waals surface area contributed by atoms with Gasteiger partial charge in [0.2, 0.25) is 11.8 Å². The Morgan fingerprint density at radius 1 is 1.06 bits per heavy atom. The summed E-state index contributed by atoms with van der Waals surface area (Å²) in [4.78, 5) is 52.6. The number of hydrogen-bond acceptors (Lipinski definition) is 4. The Morgan fingerprint density at radius 3 is 2.38 bits per heavy atom. The number of hydrogen-bond donors (Lipinski definition) is 2. The second kappa shape index (κ2) is 9.94. The van der Waals surface area contributed by atoms with Crippen molar-refractivity contribution in [2.45, 2.75) is 25.8 Å². The van der Waals surface area contributed by atoms with E-state index in [1.54, 1.807) is 37.3 Å². The Bertz CT molecular complexity index is 1130. The Balaban J connectivity index is 1.70. The van der Waals surface area contributed by atoms with Gasteiger partial charge in [0.25, 0.3) is 5.91 Å². The van der Waals surface area contributed by atoms with E-state index < -0.39 is 65.5 Å². The molecule has 1 saturated heterocycles. The van der Waals surface area contributed by atoms with Crippen molar-refractivity contribution < 1.29 is 32.3 Å². The van der Waals surface area contributed by atoms with Crippen LogP contribution in [0, 0.1) is 17.5 Å². The van der Waals surface area contributed by atoms with Gasteiger partial charge in [0, 0.05) is 6.54 Å². The van der Waals surface area contributed by atoms with Crippen LogP contribution < -0.4 is 10.6 Å². The minimum atomic E-state index is -1.74. The predicted octanol–water partition coefficient (Wildman–Crippen LogP) is 2.75. The number of amides is 5. The Morgan fingerprint density at radius 2 is 1.74 bits per heavy atom. The molecule has 2 N–H and O–H groups in total. The zero-order valence-electron chi connectivity index (χ0n) is 18.5. The van der Waals surface area contributed by atoms with Crippen LogP contribution in [-0.4, -0.2) is 53.2 Å². The molecule has 0 aliphatic carbocycles. The van der Waals surface area contributed by atoms with Crippen LogP contribution in [0.5, 0.6) is 0 Å². The lowest BCUT2D eigenvalue weighted by Crippen LogP contribution is -2.46. The van der Waals surface area contributed by atoms with Crippen molar-refractivity contribution in [2.75, 3.05) is 25.0 Å². The van der Waals surface area contributed by atoms with Gasteiger partial charge in [-0.1, -0.05) is 37.3 Å². The number of carbonyl (C=O) groups excluding carboxylic acids is 4. The molecule has 2 aromatic rings. The highest BCUT2D eigenvalue weighted by atomic mass is 19.2. The molecule has 1 heterocycles. The van der Waals surface area contributed by atoms with Crippen LogP contribution in [0.15, 0.2) is 42.5 Å². The molecular weight excluding hydrogens is 453 g/mol. The van der Waals surface area contributed by atoms with Crippen LogP contribution in [-0.2, 0) is 19.9 Å². The lowest BCUT2D eigenvalue weighted by molar-refractivity contribution is -0.140. The molecule has 8 nitrogen and oxygen atoms in total. The number of benzene rings is 2. The molecule has 0 bridgehead atoms. The summed E-state index contributed by atoms with van der Waals surface area (Å²) in [7, 11) is 0. The van der Waals surface area contributed by atoms with Crippen LogP contribution in [0.1, 0.15) is 25.8 Å². The number of nitrogens with zero attached hydrogens (tertiary/aromatic N) is 2. The van der Waals surface area contributed by atoms with Crippen LogP contribution in [0.4, 0.5) is 23.7 Å². The second-order valence-electron chi connectivity index (χ2n) is 7.90. The van der Waals surface area contributed by atoms with Gasteiger partial charge < -0.3 is 15.5 Å². The van der Waals surface area contributed by atoms with E-state index in [9.17, 15) is 32.3 Å². The molecule has 1 aliphatic rings. The van der Waals surface area contributed by atoms with Crippen LogP contribution >= 0.6 is 0 Å². The monoisotopic (exact) mass is 476 g/mol. The number of anilines is 1. The zero-order valence-corrected chi connectivity index (χ0v) is 18.5. The average molecular weight is 476 g/mol. The molecule has 5 amide bonds. The van der Waals surface area contributed by atoms with Crippen LogP contribution in [0.25, 0.3) is 0 Å². The molecule has 0 aromatic heterocycles. The van der Waals surface area contributed by atoms with Crippen molar-refractivity contribution >= 4 is 29.4 Å². The fraction of sp³-hybridized carbons (Fsp3) is 0.304. The van der Waals surface area contributed by atoms with E-state index in [1.807, 2.05) is 0 Å². The number of imide groups is 1. The van der Waals surface area contributed by atoms with Gasteiger partial charge in [-0.25, -0.2) is 18.0 Å². The Hall–Kier alpha value is -3.89. The lowest BCUT2D eigenvalue weighted by atomic mass is 9.92. The molecule has 2 aromatic carbocycles. The minimum absolute atomic E-state index is 0.103. The van der Waals surface area contributed by atoms with Crippen LogP contribution in [0.3, 0.4) is 0 Å². The van der Waals surface area contributed by atoms with Gasteiger partial charge in [0.15, 0.2) is 17.5 Å². The molecular formula is C23H23F3N4O4. The van der Waals surface area contributed by atoms with E-state index in [0.29, 0.717) is 18.1 Å². The molecule has 0 saturated carbocycles. The summed E-state index contributed by atoms with van der Waals surface area (Å²) in [6.45, 7) is 2.21. The molecule has 0 radical (unpaired) electrons. The molecule has 3 rings (SSSR count). The Kier molecular flexibility index (Phi) is 7.23. The molecule has 1 fully saturated rings. The molecule has 0 spiro atoms. The van der Waals surface area contributed by atoms with E-state index in [2.05, 4.69) is 10.6 Å². The first-order valence-electron chi connectivity index (χ1n) is 10.5. The van der Waals surface area contributed by atoms with Crippen molar-refractivity contribution in [2.24, 2.45) is 0 Å². The summed E-state index contributed by atoms with van der Waals surface area (Å²) in [5, 5.41) is 4.69. The Labute approximate surface area is 193 Å². The molecule has 1 unspecified atom stereocenters. The fourth-order valence-electron chi connectivity index (χ4n) is 3.59. The quantitative estimate of drug-likeness (QED) is 0.452. The smallest absolute Gasteiger partial charge is 0.325 e. The largest absolute Gasteiger partial charge is 0.332 e. The summed E-state index contributed by atoms with van der Waals surface area (Å²) in [6, 6.07) is 9.30. The van der Waals surface area contributed by atoms with Crippen LogP contribution in [0.2, 0.25) is 0 Å². The molecule has 11 heteroatoms. The molecule has 180 valence electrons. The number of carbonyl (C=O) groups is 4. The van der Waals surface area contributed by atoms with E-state index in [1.165, 1.54) is 6.92 Å². The zero-order chi connectivity index (χ0) is 25.0. The highest BCUT2D eigenvalue weighted by molar-refractivity contribution is 6.09. The van der Waals surface area contributed by atoms with Gasteiger partial charge in [-0.2, -0.15) is 0 Å². The number of rotatable bonds is 8. The maximum Gasteiger partial charge on any atom is 0.325 e. The van der Waals surface area contributed by atoms with E-state index >= 15 is 0 Å². The third-order valence-corrected chi connectivity index (χ3v) is 5.41. The highest BCUT2D eigenvalue weighted by Gasteiger charge is 2.49. The summed E-state index contributed by atoms with van der Waals surface area (Å²) in [6.07, 6.45) is 0.445. The summed E-state index contributed by atoms with van der Waals surface area (Å²) in [5.74, 6) is -6.89. The first kappa shape index (κ1) is 24.7. The highest BCUT2D eigenvalue weighted by Crippen LogP contribution is 2.28. The maximum absolute atomic E-state index is 13.8. The van der Waals surface area contributed by atoms with Crippen molar-refractivity contribution in [3.63, 3.8) is 0 Å². The SMILES string of the molecule is CCCN(CC(=O)Nc1ccc(F)c(F)c1F)C(=O)CN1C(=O)NC(C)(c2ccccc2)C1=O. The third-order valence-electron chi connectivity index (χ3n) is 5.41. The molecule has 34 heavy (non-hydrogen) atoms. The number of nitrogens with one attached hydrogen (secondary N) is 2. The minimum Gasteiger partial charge on any atom is -0.332 e. The van der Waals surface area contributed by atoms with Crippen molar-refractivity contribution in [3.05, 3.63) is 65.5 Å². The first-order chi connectivity index (χ1) is 16.1. The average Bonchev–Trinajstić information content (AvgIpc) is 3.03. The fourth-order valence-corrected chi connectivity index (χ4v) is 3.59. The summed E-state index contributed by atoms with van der Waals surface area (Å²) in [5.41, 5.74) is -1.39. The van der Waals surface area contributed by atoms with Gasteiger partial charge in [-0.05, 0) is 31.0 Å². The number of halogens is 3. The van der Waals surface area contributed by atoms with Crippen molar-refractivity contribution in [3.8, 4) is 0 Å². The molecule has 1 atom stereocenters. The first-order valence-corrected chi connectivity index (χ1v) is 10.5. The third kappa shape index (κ3) is 4.87. The second-order valence-corrected chi connectivity index (χ2v) is 7.90. The van der Waals surface area contributed by atoms with Gasteiger partial charge in [0.1, 0.15) is 12.1 Å². The summed E-state index contributed by atoms with van der Waals surface area (Å²) >= 11 is 0. The number of urea groups is 1. The van der Waals surface area contributed by atoms with E-state index in [4.69, 9.17) is 0 Å². The van der Waals surface area contributed by atoms with Gasteiger partial charge >= 0.3 is 6.03 Å². The summed E-state index contributed by atoms with van der Waals surface area (Å²) < 4.78 is 40.3. The molecule has 1 aliphatic heterocycles. The topological polar surface area (TPSA) is 98.8 Å². The maximum atomic E-state index is 13.8. The van der Waals surface area contributed by atoms with Crippen molar-refractivity contribution in [1.82, 2.24) is 15.1 Å². The predicted molar refractivity (Wildman–Crippen MR) is 116 cm³/mol. The lowest BCUT2D eigenvalue weighted by Gasteiger charge is -2.25. The van der Waals surface area contributed by atoms with E-state index in [-0.39, 0.29) is 6.54 Å². The van der Waals surface area contributed by atoms with Gasteiger partial charge in [0.05, 0.1) is 12.2 Å². The van der Waals surface area contributed by atoms with Gasteiger partial charge in [-0.3, -0.25) is 19.3 Å².